The van der Waals surface area contributed by atoms with Crippen molar-refractivity contribution in [2.24, 2.45) is 0 Å². The number of hydrogen-bond acceptors (Lipinski definition) is 5. The van der Waals surface area contributed by atoms with Gasteiger partial charge in [-0.3, -0.25) is 9.59 Å². The van der Waals surface area contributed by atoms with Gasteiger partial charge >= 0.3 is 5.97 Å². The standard InChI is InChI=1S/C17H18N2O5S2/c20-16(21)9-18-17(22)15-8-13(25)10-19(15)26(23,24)14-6-5-11-3-1-2-4-12(11)7-14/h1-7,13,15,25H,8-10H2,(H,18,22)(H,20,21)/t13-,15+/m1/s1. The lowest BCUT2D eigenvalue weighted by molar-refractivity contribution is -0.138. The zero-order chi connectivity index (χ0) is 18.9. The number of hydrogen-bond donors (Lipinski definition) is 3. The number of nitrogens with one attached hydrogen (secondary N) is 1. The molecule has 2 atom stereocenters. The van der Waals surface area contributed by atoms with Crippen LogP contribution in [-0.4, -0.2) is 54.1 Å². The number of aliphatic carboxylic acids is 1. The maximum Gasteiger partial charge on any atom is 0.322 e. The second-order valence-electron chi connectivity index (χ2n) is 6.10. The Hall–Kier alpha value is -2.10. The van der Waals surface area contributed by atoms with Crippen LogP contribution >= 0.6 is 12.6 Å². The molecule has 0 aliphatic carbocycles. The minimum Gasteiger partial charge on any atom is -0.480 e. The number of fused-ring (bicyclic) bond motifs is 1. The van der Waals surface area contributed by atoms with Gasteiger partial charge < -0.3 is 10.4 Å². The van der Waals surface area contributed by atoms with Crippen molar-refractivity contribution >= 4 is 45.3 Å². The highest BCUT2D eigenvalue weighted by Gasteiger charge is 2.42. The van der Waals surface area contributed by atoms with Crippen LogP contribution in [-0.2, 0) is 19.6 Å². The molecule has 0 saturated carbocycles. The van der Waals surface area contributed by atoms with Crippen molar-refractivity contribution in [3.8, 4) is 0 Å². The van der Waals surface area contributed by atoms with Crippen LogP contribution in [0.15, 0.2) is 47.4 Å². The first-order valence-electron chi connectivity index (χ1n) is 7.97. The van der Waals surface area contributed by atoms with E-state index in [1.54, 1.807) is 12.1 Å². The van der Waals surface area contributed by atoms with E-state index < -0.39 is 34.5 Å². The second kappa shape index (κ2) is 7.26. The molecule has 1 amide bonds. The molecule has 0 unspecified atom stereocenters. The molecule has 0 bridgehead atoms. The van der Waals surface area contributed by atoms with Crippen molar-refractivity contribution in [2.45, 2.75) is 22.6 Å². The number of sulfonamides is 1. The summed E-state index contributed by atoms with van der Waals surface area (Å²) >= 11 is 4.32. The Balaban J connectivity index is 1.92. The number of carbonyl (C=O) groups excluding carboxylic acids is 1. The van der Waals surface area contributed by atoms with Crippen molar-refractivity contribution in [3.05, 3.63) is 42.5 Å². The monoisotopic (exact) mass is 394 g/mol. The molecular weight excluding hydrogens is 376 g/mol. The summed E-state index contributed by atoms with van der Waals surface area (Å²) in [6, 6.07) is 11.2. The highest BCUT2D eigenvalue weighted by atomic mass is 32.2. The normalized spacial score (nSPS) is 21.0. The van der Waals surface area contributed by atoms with Crippen molar-refractivity contribution in [1.82, 2.24) is 9.62 Å². The summed E-state index contributed by atoms with van der Waals surface area (Å²) in [7, 11) is -3.92. The highest BCUT2D eigenvalue weighted by molar-refractivity contribution is 7.89. The number of carbonyl (C=O) groups is 2. The lowest BCUT2D eigenvalue weighted by atomic mass is 10.1. The molecule has 2 aromatic rings. The number of carboxylic acid groups (broad SMARTS) is 1. The lowest BCUT2D eigenvalue weighted by Crippen LogP contribution is -2.46. The number of thiol groups is 1. The van der Waals surface area contributed by atoms with Gasteiger partial charge in [-0.25, -0.2) is 8.42 Å². The van der Waals surface area contributed by atoms with E-state index in [2.05, 4.69) is 17.9 Å². The molecule has 1 saturated heterocycles. The zero-order valence-electron chi connectivity index (χ0n) is 13.7. The first-order valence-corrected chi connectivity index (χ1v) is 9.93. The Morgan fingerprint density at radius 3 is 2.58 bits per heavy atom. The van der Waals surface area contributed by atoms with Crippen molar-refractivity contribution in [3.63, 3.8) is 0 Å². The van der Waals surface area contributed by atoms with Crippen molar-refractivity contribution in [2.75, 3.05) is 13.1 Å². The third-order valence-electron chi connectivity index (χ3n) is 4.28. The average molecular weight is 394 g/mol. The Morgan fingerprint density at radius 1 is 1.19 bits per heavy atom. The van der Waals surface area contributed by atoms with E-state index in [1.165, 1.54) is 6.07 Å². The first kappa shape index (κ1) is 18.7. The van der Waals surface area contributed by atoms with E-state index in [4.69, 9.17) is 5.11 Å². The van der Waals surface area contributed by atoms with Crippen LogP contribution in [0.4, 0.5) is 0 Å². The van der Waals surface area contributed by atoms with Gasteiger partial charge in [-0.2, -0.15) is 16.9 Å². The van der Waals surface area contributed by atoms with E-state index in [1.807, 2.05) is 24.3 Å². The highest BCUT2D eigenvalue weighted by Crippen LogP contribution is 2.30. The minimum atomic E-state index is -3.92. The molecule has 138 valence electrons. The van der Waals surface area contributed by atoms with Gasteiger partial charge in [0.2, 0.25) is 15.9 Å². The molecule has 0 aromatic heterocycles. The molecule has 2 N–H and O–H groups in total. The fraction of sp³-hybridized carbons (Fsp3) is 0.294. The molecule has 3 rings (SSSR count). The van der Waals surface area contributed by atoms with E-state index in [0.29, 0.717) is 0 Å². The van der Waals surface area contributed by atoms with E-state index >= 15 is 0 Å². The Bertz CT molecular complexity index is 961. The van der Waals surface area contributed by atoms with Gasteiger partial charge in [0.1, 0.15) is 12.6 Å². The molecule has 2 aromatic carbocycles. The van der Waals surface area contributed by atoms with E-state index in [0.717, 1.165) is 15.1 Å². The van der Waals surface area contributed by atoms with Crippen LogP contribution in [0.3, 0.4) is 0 Å². The van der Waals surface area contributed by atoms with Gasteiger partial charge in [-0.05, 0) is 29.3 Å². The summed E-state index contributed by atoms with van der Waals surface area (Å²) in [5.41, 5.74) is 0. The Labute approximate surface area is 156 Å². The number of amides is 1. The number of rotatable bonds is 5. The molecule has 0 spiro atoms. The number of benzene rings is 2. The SMILES string of the molecule is O=C(O)CNC(=O)[C@@H]1C[C@@H](S)CN1S(=O)(=O)c1ccc2ccccc2c1. The molecule has 1 aliphatic rings. The number of carboxylic acids is 1. The Kier molecular flexibility index (Phi) is 5.22. The first-order chi connectivity index (χ1) is 12.3. The predicted molar refractivity (Wildman–Crippen MR) is 99.7 cm³/mol. The summed E-state index contributed by atoms with van der Waals surface area (Å²) in [5.74, 6) is -1.82. The molecule has 1 heterocycles. The van der Waals surface area contributed by atoms with Crippen LogP contribution in [0.1, 0.15) is 6.42 Å². The quantitative estimate of drug-likeness (QED) is 0.659. The van der Waals surface area contributed by atoms with Crippen LogP contribution in [0.2, 0.25) is 0 Å². The predicted octanol–water partition coefficient (Wildman–Crippen LogP) is 1.10. The van der Waals surface area contributed by atoms with E-state index in [-0.39, 0.29) is 23.1 Å². The van der Waals surface area contributed by atoms with E-state index in [9.17, 15) is 18.0 Å². The van der Waals surface area contributed by atoms with Gasteiger partial charge in [-0.15, -0.1) is 0 Å². The fourth-order valence-electron chi connectivity index (χ4n) is 3.03. The summed E-state index contributed by atoms with van der Waals surface area (Å²) < 4.78 is 27.2. The molecular formula is C17H18N2O5S2. The van der Waals surface area contributed by atoms with Gasteiger partial charge in [0.15, 0.2) is 0 Å². The molecule has 26 heavy (non-hydrogen) atoms. The molecule has 0 radical (unpaired) electrons. The largest absolute Gasteiger partial charge is 0.480 e. The summed E-state index contributed by atoms with van der Waals surface area (Å²) in [5, 5.41) is 12.3. The second-order valence-corrected chi connectivity index (χ2v) is 8.72. The fourth-order valence-corrected chi connectivity index (χ4v) is 5.20. The summed E-state index contributed by atoms with van der Waals surface area (Å²) in [6.45, 7) is -0.472. The molecule has 1 aliphatic heterocycles. The van der Waals surface area contributed by atoms with Crippen LogP contribution in [0.25, 0.3) is 10.8 Å². The molecule has 1 fully saturated rings. The smallest absolute Gasteiger partial charge is 0.322 e. The van der Waals surface area contributed by atoms with Crippen LogP contribution in [0.5, 0.6) is 0 Å². The summed E-state index contributed by atoms with van der Waals surface area (Å²) in [4.78, 5) is 23.0. The molecule has 9 heteroatoms. The zero-order valence-corrected chi connectivity index (χ0v) is 15.4. The van der Waals surface area contributed by atoms with Crippen molar-refractivity contribution in [1.29, 1.82) is 0 Å². The van der Waals surface area contributed by atoms with Gasteiger partial charge in [0, 0.05) is 11.8 Å². The minimum absolute atomic E-state index is 0.0867. The number of nitrogens with zero attached hydrogens (tertiary/aromatic N) is 1. The third kappa shape index (κ3) is 3.69. The van der Waals surface area contributed by atoms with Gasteiger partial charge in [0.25, 0.3) is 0 Å². The van der Waals surface area contributed by atoms with Crippen molar-refractivity contribution < 1.29 is 23.1 Å². The van der Waals surface area contributed by atoms with Crippen LogP contribution in [0, 0.1) is 0 Å². The third-order valence-corrected chi connectivity index (χ3v) is 6.52. The topological polar surface area (TPSA) is 104 Å². The maximum absolute atomic E-state index is 13.1. The summed E-state index contributed by atoms with van der Waals surface area (Å²) in [6.07, 6.45) is 0.224. The van der Waals surface area contributed by atoms with Crippen LogP contribution < -0.4 is 5.32 Å². The lowest BCUT2D eigenvalue weighted by Gasteiger charge is -2.23. The molecule has 7 nitrogen and oxygen atoms in total. The van der Waals surface area contributed by atoms with Gasteiger partial charge in [0.05, 0.1) is 4.90 Å². The maximum atomic E-state index is 13.1. The van der Waals surface area contributed by atoms with Gasteiger partial charge in [-0.1, -0.05) is 30.3 Å². The Morgan fingerprint density at radius 2 is 1.88 bits per heavy atom. The average Bonchev–Trinajstić information content (AvgIpc) is 3.02.